The lowest BCUT2D eigenvalue weighted by molar-refractivity contribution is 0.640. The standard InChI is InChI=1S/C23H27N5/c1-18(2)20-10-6-7-11-21(20)25-22-12-13-24-23(26-22)28-16-14-27(15-17-28)19-8-4-3-5-9-19/h3-13,18H,14-17H2,1-2H3,(H,24,25,26). The van der Waals surface area contributed by atoms with E-state index in [4.69, 9.17) is 4.98 Å². The van der Waals surface area contributed by atoms with Gasteiger partial charge in [0.25, 0.3) is 0 Å². The van der Waals surface area contributed by atoms with Gasteiger partial charge in [0, 0.05) is 43.8 Å². The van der Waals surface area contributed by atoms with E-state index in [1.165, 1.54) is 11.3 Å². The van der Waals surface area contributed by atoms with Crippen LogP contribution in [0.15, 0.2) is 66.9 Å². The molecule has 5 heteroatoms. The lowest BCUT2D eigenvalue weighted by Crippen LogP contribution is -2.47. The molecule has 0 amide bonds. The molecule has 0 bridgehead atoms. The Kier molecular flexibility index (Phi) is 5.42. The molecule has 1 fully saturated rings. The number of piperazine rings is 1. The maximum atomic E-state index is 4.78. The zero-order chi connectivity index (χ0) is 19.3. The van der Waals surface area contributed by atoms with Crippen molar-refractivity contribution in [3.63, 3.8) is 0 Å². The third-order valence-electron chi connectivity index (χ3n) is 5.17. The van der Waals surface area contributed by atoms with Crippen molar-refractivity contribution in [2.24, 2.45) is 0 Å². The van der Waals surface area contributed by atoms with Crippen LogP contribution in [-0.4, -0.2) is 36.1 Å². The van der Waals surface area contributed by atoms with Crippen molar-refractivity contribution in [2.45, 2.75) is 19.8 Å². The minimum atomic E-state index is 0.455. The number of benzene rings is 2. The molecular formula is C23H27N5. The van der Waals surface area contributed by atoms with Crippen molar-refractivity contribution < 1.29 is 0 Å². The molecule has 5 nitrogen and oxygen atoms in total. The normalized spacial score (nSPS) is 14.4. The van der Waals surface area contributed by atoms with Crippen LogP contribution in [0.1, 0.15) is 25.3 Å². The molecule has 1 aliphatic heterocycles. The molecule has 2 heterocycles. The fourth-order valence-electron chi connectivity index (χ4n) is 3.63. The Bertz CT molecular complexity index is 902. The summed E-state index contributed by atoms with van der Waals surface area (Å²) in [6, 6.07) is 20.9. The molecule has 28 heavy (non-hydrogen) atoms. The third-order valence-corrected chi connectivity index (χ3v) is 5.17. The van der Waals surface area contributed by atoms with E-state index >= 15 is 0 Å². The number of para-hydroxylation sites is 2. The Morgan fingerprint density at radius 1 is 0.821 bits per heavy atom. The number of hydrogen-bond donors (Lipinski definition) is 1. The molecule has 0 saturated carbocycles. The Morgan fingerprint density at radius 3 is 2.25 bits per heavy atom. The van der Waals surface area contributed by atoms with Crippen molar-refractivity contribution in [2.75, 3.05) is 41.3 Å². The molecule has 0 unspecified atom stereocenters. The van der Waals surface area contributed by atoms with Gasteiger partial charge in [-0.25, -0.2) is 4.98 Å². The Balaban J connectivity index is 1.45. The van der Waals surface area contributed by atoms with Crippen LogP contribution in [0.2, 0.25) is 0 Å². The predicted octanol–water partition coefficient (Wildman–Crippen LogP) is 4.67. The maximum Gasteiger partial charge on any atom is 0.227 e. The smallest absolute Gasteiger partial charge is 0.227 e. The van der Waals surface area contributed by atoms with Crippen molar-refractivity contribution in [1.82, 2.24) is 9.97 Å². The van der Waals surface area contributed by atoms with E-state index < -0.39 is 0 Å². The molecule has 0 atom stereocenters. The van der Waals surface area contributed by atoms with Gasteiger partial charge in [-0.2, -0.15) is 4.98 Å². The predicted molar refractivity (Wildman–Crippen MR) is 117 cm³/mol. The summed E-state index contributed by atoms with van der Waals surface area (Å²) in [6.45, 7) is 8.20. The van der Waals surface area contributed by atoms with Gasteiger partial charge in [0.05, 0.1) is 0 Å². The van der Waals surface area contributed by atoms with Crippen LogP contribution in [0.3, 0.4) is 0 Å². The van der Waals surface area contributed by atoms with Gasteiger partial charge >= 0.3 is 0 Å². The molecule has 1 aromatic heterocycles. The van der Waals surface area contributed by atoms with Crippen LogP contribution in [0.4, 0.5) is 23.1 Å². The average molecular weight is 374 g/mol. The second-order valence-electron chi connectivity index (χ2n) is 7.42. The fraction of sp³-hybridized carbons (Fsp3) is 0.304. The molecule has 1 saturated heterocycles. The lowest BCUT2D eigenvalue weighted by atomic mass is 10.0. The van der Waals surface area contributed by atoms with E-state index in [9.17, 15) is 0 Å². The largest absolute Gasteiger partial charge is 0.368 e. The van der Waals surface area contributed by atoms with Crippen LogP contribution in [0, 0.1) is 0 Å². The summed E-state index contributed by atoms with van der Waals surface area (Å²) in [4.78, 5) is 14.0. The second kappa shape index (κ2) is 8.30. The Hall–Kier alpha value is -3.08. The van der Waals surface area contributed by atoms with E-state index in [1.807, 2.05) is 12.3 Å². The topological polar surface area (TPSA) is 44.3 Å². The molecule has 0 spiro atoms. The van der Waals surface area contributed by atoms with Gasteiger partial charge < -0.3 is 15.1 Å². The first-order chi connectivity index (χ1) is 13.7. The summed E-state index contributed by atoms with van der Waals surface area (Å²) < 4.78 is 0. The van der Waals surface area contributed by atoms with Gasteiger partial charge in [0.1, 0.15) is 5.82 Å². The second-order valence-corrected chi connectivity index (χ2v) is 7.42. The number of rotatable bonds is 5. The van der Waals surface area contributed by atoms with E-state index in [2.05, 4.69) is 88.5 Å². The highest BCUT2D eigenvalue weighted by molar-refractivity contribution is 5.62. The summed E-state index contributed by atoms with van der Waals surface area (Å²) in [6.07, 6.45) is 1.84. The molecule has 4 rings (SSSR count). The minimum Gasteiger partial charge on any atom is -0.368 e. The monoisotopic (exact) mass is 373 g/mol. The maximum absolute atomic E-state index is 4.78. The zero-order valence-corrected chi connectivity index (χ0v) is 16.5. The van der Waals surface area contributed by atoms with Crippen molar-refractivity contribution >= 4 is 23.1 Å². The summed E-state index contributed by atoms with van der Waals surface area (Å²) in [5.74, 6) is 2.08. The molecular weight excluding hydrogens is 346 g/mol. The summed E-state index contributed by atoms with van der Waals surface area (Å²) >= 11 is 0. The number of nitrogens with one attached hydrogen (secondary N) is 1. The first-order valence-electron chi connectivity index (χ1n) is 9.94. The van der Waals surface area contributed by atoms with Gasteiger partial charge in [-0.05, 0) is 35.7 Å². The van der Waals surface area contributed by atoms with Crippen molar-refractivity contribution in [1.29, 1.82) is 0 Å². The van der Waals surface area contributed by atoms with E-state index in [1.54, 1.807) is 0 Å². The summed E-state index contributed by atoms with van der Waals surface area (Å²) in [5, 5.41) is 3.48. The molecule has 0 radical (unpaired) electrons. The van der Waals surface area contributed by atoms with Gasteiger partial charge in [0.2, 0.25) is 5.95 Å². The van der Waals surface area contributed by atoms with Crippen LogP contribution in [-0.2, 0) is 0 Å². The summed E-state index contributed by atoms with van der Waals surface area (Å²) in [7, 11) is 0. The highest BCUT2D eigenvalue weighted by Crippen LogP contribution is 2.27. The van der Waals surface area contributed by atoms with E-state index in [0.29, 0.717) is 5.92 Å². The highest BCUT2D eigenvalue weighted by Gasteiger charge is 2.19. The third kappa shape index (κ3) is 4.09. The molecule has 144 valence electrons. The first kappa shape index (κ1) is 18.3. The summed E-state index contributed by atoms with van der Waals surface area (Å²) in [5.41, 5.74) is 3.68. The number of nitrogens with zero attached hydrogens (tertiary/aromatic N) is 4. The fourth-order valence-corrected chi connectivity index (χ4v) is 3.63. The average Bonchev–Trinajstić information content (AvgIpc) is 2.75. The number of anilines is 4. The van der Waals surface area contributed by atoms with Crippen LogP contribution >= 0.6 is 0 Å². The molecule has 1 aliphatic rings. The first-order valence-corrected chi connectivity index (χ1v) is 9.94. The Morgan fingerprint density at radius 2 is 1.50 bits per heavy atom. The van der Waals surface area contributed by atoms with Crippen molar-refractivity contribution in [3.05, 3.63) is 72.4 Å². The van der Waals surface area contributed by atoms with Gasteiger partial charge in [-0.3, -0.25) is 0 Å². The molecule has 1 N–H and O–H groups in total. The van der Waals surface area contributed by atoms with E-state index in [0.717, 1.165) is 43.6 Å². The van der Waals surface area contributed by atoms with Crippen LogP contribution in [0.5, 0.6) is 0 Å². The molecule has 2 aromatic carbocycles. The van der Waals surface area contributed by atoms with Crippen LogP contribution in [0.25, 0.3) is 0 Å². The molecule has 3 aromatic rings. The van der Waals surface area contributed by atoms with Gasteiger partial charge in [0.15, 0.2) is 0 Å². The number of hydrogen-bond acceptors (Lipinski definition) is 5. The number of aromatic nitrogens is 2. The zero-order valence-electron chi connectivity index (χ0n) is 16.5. The van der Waals surface area contributed by atoms with Gasteiger partial charge in [-0.15, -0.1) is 0 Å². The minimum absolute atomic E-state index is 0.455. The lowest BCUT2D eigenvalue weighted by Gasteiger charge is -2.36. The van der Waals surface area contributed by atoms with Crippen LogP contribution < -0.4 is 15.1 Å². The van der Waals surface area contributed by atoms with E-state index in [-0.39, 0.29) is 0 Å². The SMILES string of the molecule is CC(C)c1ccccc1Nc1ccnc(N2CCN(c3ccccc3)CC2)n1. The molecule has 0 aliphatic carbocycles. The highest BCUT2D eigenvalue weighted by atomic mass is 15.3. The Labute approximate surface area is 167 Å². The van der Waals surface area contributed by atoms with Crippen molar-refractivity contribution in [3.8, 4) is 0 Å². The quantitative estimate of drug-likeness (QED) is 0.704. The van der Waals surface area contributed by atoms with Gasteiger partial charge in [-0.1, -0.05) is 50.2 Å².